The lowest BCUT2D eigenvalue weighted by atomic mass is 9.95. The third kappa shape index (κ3) is 2.58. The third-order valence-electron chi connectivity index (χ3n) is 4.12. The lowest BCUT2D eigenvalue weighted by Crippen LogP contribution is -1.99. The molecule has 3 N–H and O–H groups in total. The molecule has 2 aromatic carbocycles. The van der Waals surface area contributed by atoms with Gasteiger partial charge in [-0.05, 0) is 53.8 Å². The molecule has 24 heavy (non-hydrogen) atoms. The molecule has 0 radical (unpaired) electrons. The lowest BCUT2D eigenvalue weighted by molar-refractivity contribution is 1.28. The van der Waals surface area contributed by atoms with Crippen LogP contribution in [0.1, 0.15) is 0 Å². The van der Waals surface area contributed by atoms with Crippen molar-refractivity contribution in [3.8, 4) is 21.6 Å². The maximum atomic E-state index is 7.93. The highest BCUT2D eigenvalue weighted by Crippen LogP contribution is 2.43. The molecular formula is C20H16N2S2. The first kappa shape index (κ1) is 15.2. The summed E-state index contributed by atoms with van der Waals surface area (Å²) < 4.78 is 1.15. The summed E-state index contributed by atoms with van der Waals surface area (Å²) in [7, 11) is 0. The Labute approximate surface area is 148 Å². The van der Waals surface area contributed by atoms with Crippen molar-refractivity contribution >= 4 is 38.9 Å². The van der Waals surface area contributed by atoms with Crippen LogP contribution in [0.15, 0.2) is 65.6 Å². The molecule has 4 rings (SSSR count). The molecule has 0 aromatic heterocycles. The number of hydrogen-bond acceptors (Lipinski definition) is 4. The van der Waals surface area contributed by atoms with Gasteiger partial charge >= 0.3 is 0 Å². The van der Waals surface area contributed by atoms with Gasteiger partial charge in [-0.15, -0.1) is 23.1 Å². The van der Waals surface area contributed by atoms with Gasteiger partial charge < -0.3 is 11.1 Å². The number of thioether (sulfide) groups is 1. The molecule has 2 nitrogen and oxygen atoms in total. The molecule has 0 amide bonds. The van der Waals surface area contributed by atoms with E-state index >= 15 is 0 Å². The van der Waals surface area contributed by atoms with Crippen molar-refractivity contribution in [3.63, 3.8) is 0 Å². The molecule has 1 aliphatic heterocycles. The second kappa shape index (κ2) is 5.96. The highest BCUT2D eigenvalue weighted by Gasteiger charge is 2.15. The number of nitrogen functional groups attached to an aromatic ring is 1. The third-order valence-corrected chi connectivity index (χ3v) is 5.98. The van der Waals surface area contributed by atoms with Gasteiger partial charge in [0.15, 0.2) is 0 Å². The van der Waals surface area contributed by atoms with Crippen molar-refractivity contribution in [2.75, 3.05) is 12.0 Å². The number of anilines is 1. The molecule has 0 saturated carbocycles. The Morgan fingerprint density at radius 3 is 2.50 bits per heavy atom. The van der Waals surface area contributed by atoms with E-state index in [2.05, 4.69) is 42.7 Å². The van der Waals surface area contributed by atoms with Crippen LogP contribution in [0.2, 0.25) is 0 Å². The monoisotopic (exact) mass is 348 g/mol. The summed E-state index contributed by atoms with van der Waals surface area (Å²) >= 11 is 3.44. The van der Waals surface area contributed by atoms with E-state index in [1.54, 1.807) is 23.1 Å². The smallest absolute Gasteiger partial charge is 0.0554 e. The number of hydrogen-bond donors (Lipinski definition) is 2. The number of fused-ring (bicyclic) bond motifs is 2. The predicted octanol–water partition coefficient (Wildman–Crippen LogP) is 5.46. The normalized spacial score (nSPS) is 11.2. The standard InChI is InChI=1S/C20H16N2S2/c1-23-15-6-2-12(3-7-15)20-16-8-4-13(21)10-18(16)24-19-11-14(22)5-9-17(19)20/h2-11,21H,22H2,1H3. The molecule has 0 atom stereocenters. The number of nitrogens with one attached hydrogen (secondary N) is 1. The van der Waals surface area contributed by atoms with Crippen LogP contribution in [0.5, 0.6) is 0 Å². The first-order valence-corrected chi connectivity index (χ1v) is 9.65. The maximum absolute atomic E-state index is 7.93. The largest absolute Gasteiger partial charge is 0.399 e. The summed E-state index contributed by atoms with van der Waals surface area (Å²) in [4.78, 5) is 2.37. The number of rotatable bonds is 2. The van der Waals surface area contributed by atoms with E-state index in [1.165, 1.54) is 27.0 Å². The summed E-state index contributed by atoms with van der Waals surface area (Å²) in [6.45, 7) is 0. The van der Waals surface area contributed by atoms with Crippen LogP contribution < -0.4 is 11.1 Å². The van der Waals surface area contributed by atoms with Crippen LogP contribution in [0.25, 0.3) is 31.7 Å². The summed E-state index contributed by atoms with van der Waals surface area (Å²) in [6, 6.07) is 20.6. The van der Waals surface area contributed by atoms with Crippen molar-refractivity contribution in [3.05, 3.63) is 66.0 Å². The summed E-state index contributed by atoms with van der Waals surface area (Å²) in [5, 5.41) is 9.67. The fourth-order valence-electron chi connectivity index (χ4n) is 2.98. The van der Waals surface area contributed by atoms with Crippen LogP contribution in [0.4, 0.5) is 5.69 Å². The van der Waals surface area contributed by atoms with Crippen molar-refractivity contribution in [1.29, 1.82) is 5.41 Å². The second-order valence-electron chi connectivity index (χ2n) is 5.67. The van der Waals surface area contributed by atoms with Gasteiger partial charge in [0.1, 0.15) is 0 Å². The molecule has 2 aliphatic rings. The molecule has 4 heteroatoms. The van der Waals surface area contributed by atoms with E-state index in [1.807, 2.05) is 24.3 Å². The number of benzene rings is 3. The Hall–Kier alpha value is -2.30. The van der Waals surface area contributed by atoms with Gasteiger partial charge in [0, 0.05) is 31.1 Å². The van der Waals surface area contributed by atoms with Crippen LogP contribution in [-0.4, -0.2) is 6.26 Å². The molecule has 0 fully saturated rings. The Bertz CT molecular complexity index is 1070. The topological polar surface area (TPSA) is 49.9 Å². The van der Waals surface area contributed by atoms with Crippen LogP contribution >= 0.6 is 23.1 Å². The summed E-state index contributed by atoms with van der Waals surface area (Å²) in [6.07, 6.45) is 2.09. The molecule has 0 unspecified atom stereocenters. The molecule has 0 saturated heterocycles. The van der Waals surface area contributed by atoms with Gasteiger partial charge in [-0.1, -0.05) is 24.3 Å². The SMILES string of the molecule is CSc1ccc(-c2c3ccc(=N)cc-3sc3cc(N)ccc23)cc1. The fourth-order valence-corrected chi connectivity index (χ4v) is 4.56. The second-order valence-corrected chi connectivity index (χ2v) is 7.64. The van der Waals surface area contributed by atoms with Crippen molar-refractivity contribution in [2.24, 2.45) is 0 Å². The fraction of sp³-hybridized carbons (Fsp3) is 0.0500. The summed E-state index contributed by atoms with van der Waals surface area (Å²) in [5.41, 5.74) is 10.4. The van der Waals surface area contributed by atoms with Gasteiger partial charge in [-0.25, -0.2) is 0 Å². The van der Waals surface area contributed by atoms with Crippen LogP contribution in [0.3, 0.4) is 0 Å². The predicted molar refractivity (Wildman–Crippen MR) is 106 cm³/mol. The minimum absolute atomic E-state index is 0.533. The first-order chi connectivity index (χ1) is 11.7. The van der Waals surface area contributed by atoms with Crippen molar-refractivity contribution in [1.82, 2.24) is 0 Å². The average molecular weight is 348 g/mol. The average Bonchev–Trinajstić information content (AvgIpc) is 2.59. The van der Waals surface area contributed by atoms with Crippen molar-refractivity contribution < 1.29 is 0 Å². The van der Waals surface area contributed by atoms with E-state index in [0.717, 1.165) is 15.3 Å². The van der Waals surface area contributed by atoms with E-state index in [4.69, 9.17) is 11.1 Å². The molecular weight excluding hydrogens is 332 g/mol. The zero-order valence-corrected chi connectivity index (χ0v) is 14.8. The van der Waals surface area contributed by atoms with Gasteiger partial charge in [-0.2, -0.15) is 0 Å². The van der Waals surface area contributed by atoms with Crippen LogP contribution in [0, 0.1) is 5.41 Å². The van der Waals surface area contributed by atoms with Gasteiger partial charge in [0.2, 0.25) is 0 Å². The zero-order valence-electron chi connectivity index (χ0n) is 13.2. The Balaban J connectivity index is 2.11. The zero-order chi connectivity index (χ0) is 16.7. The molecule has 2 aromatic rings. The van der Waals surface area contributed by atoms with Crippen molar-refractivity contribution in [2.45, 2.75) is 4.90 Å². The lowest BCUT2D eigenvalue weighted by Gasteiger charge is -2.16. The minimum atomic E-state index is 0.533. The van der Waals surface area contributed by atoms with E-state index in [-0.39, 0.29) is 0 Å². The Kier molecular flexibility index (Phi) is 3.79. The maximum Gasteiger partial charge on any atom is 0.0554 e. The highest BCUT2D eigenvalue weighted by molar-refractivity contribution is 7.98. The molecule has 0 spiro atoms. The van der Waals surface area contributed by atoms with E-state index in [0.29, 0.717) is 5.36 Å². The van der Waals surface area contributed by atoms with Gasteiger partial charge in [0.25, 0.3) is 0 Å². The quantitative estimate of drug-likeness (QED) is 0.287. The van der Waals surface area contributed by atoms with E-state index < -0.39 is 0 Å². The molecule has 1 aliphatic carbocycles. The number of nitrogens with two attached hydrogens (primary N) is 1. The first-order valence-electron chi connectivity index (χ1n) is 7.61. The van der Waals surface area contributed by atoms with E-state index in [9.17, 15) is 0 Å². The molecule has 1 heterocycles. The van der Waals surface area contributed by atoms with Gasteiger partial charge in [0.05, 0.1) is 5.36 Å². The minimum Gasteiger partial charge on any atom is -0.399 e. The molecule has 0 bridgehead atoms. The Morgan fingerprint density at radius 2 is 1.75 bits per heavy atom. The Morgan fingerprint density at radius 1 is 0.958 bits per heavy atom. The summed E-state index contributed by atoms with van der Waals surface area (Å²) in [5.74, 6) is 0. The van der Waals surface area contributed by atoms with Crippen LogP contribution in [-0.2, 0) is 0 Å². The van der Waals surface area contributed by atoms with Gasteiger partial charge in [-0.3, -0.25) is 0 Å². The molecule has 118 valence electrons. The highest BCUT2D eigenvalue weighted by atomic mass is 32.2.